The fourth-order valence-electron chi connectivity index (χ4n) is 2.55. The van der Waals surface area contributed by atoms with Gasteiger partial charge in [-0.1, -0.05) is 18.2 Å². The summed E-state index contributed by atoms with van der Waals surface area (Å²) in [6.07, 6.45) is 0.200. The van der Waals surface area contributed by atoms with Crippen LogP contribution in [0, 0.1) is 0 Å². The second kappa shape index (κ2) is 5.99. The number of H-pyrrole nitrogens is 1. The van der Waals surface area contributed by atoms with Crippen molar-refractivity contribution in [3.8, 4) is 11.3 Å². The minimum Gasteiger partial charge on any atom is -0.299 e. The molecule has 3 heterocycles. The molecule has 4 rings (SSSR count). The van der Waals surface area contributed by atoms with E-state index < -0.39 is 17.6 Å². The highest BCUT2D eigenvalue weighted by Crippen LogP contribution is 2.37. The van der Waals surface area contributed by atoms with Crippen LogP contribution >= 0.6 is 11.3 Å². The third kappa shape index (κ3) is 2.84. The van der Waals surface area contributed by atoms with Gasteiger partial charge < -0.3 is 0 Å². The van der Waals surface area contributed by atoms with Gasteiger partial charge in [0, 0.05) is 29.5 Å². The van der Waals surface area contributed by atoms with Crippen LogP contribution in [0.25, 0.3) is 16.9 Å². The number of hydrogen-bond donors (Lipinski definition) is 2. The van der Waals surface area contributed by atoms with Gasteiger partial charge >= 0.3 is 6.18 Å². The number of nitrogens with zero attached hydrogens (tertiary/aromatic N) is 3. The van der Waals surface area contributed by atoms with Crippen LogP contribution in [0.1, 0.15) is 15.9 Å². The maximum absolute atomic E-state index is 13.1. The van der Waals surface area contributed by atoms with Crippen molar-refractivity contribution >= 4 is 28.0 Å². The first-order valence-electron chi connectivity index (χ1n) is 7.37. The third-order valence-electron chi connectivity index (χ3n) is 3.71. The van der Waals surface area contributed by atoms with Gasteiger partial charge in [-0.05, 0) is 6.07 Å². The number of carbonyl (C=O) groups is 1. The first-order chi connectivity index (χ1) is 12.4. The molecule has 132 valence electrons. The third-order valence-corrected chi connectivity index (χ3v) is 4.47. The van der Waals surface area contributed by atoms with Crippen molar-refractivity contribution in [3.05, 3.63) is 59.4 Å². The highest BCUT2D eigenvalue weighted by molar-refractivity contribution is 7.14. The molecular formula is C16H10F3N5OS. The van der Waals surface area contributed by atoms with Gasteiger partial charge in [0.1, 0.15) is 5.56 Å². The van der Waals surface area contributed by atoms with E-state index in [0.29, 0.717) is 11.2 Å². The van der Waals surface area contributed by atoms with E-state index in [1.165, 1.54) is 36.0 Å². The van der Waals surface area contributed by atoms with Crippen molar-refractivity contribution in [1.82, 2.24) is 19.6 Å². The molecule has 0 fully saturated rings. The molecule has 0 radical (unpaired) electrons. The fourth-order valence-corrected chi connectivity index (χ4v) is 3.25. The van der Waals surface area contributed by atoms with E-state index >= 15 is 0 Å². The maximum Gasteiger partial charge on any atom is 0.417 e. The number of halogens is 3. The average molecular weight is 377 g/mol. The van der Waals surface area contributed by atoms with Crippen LogP contribution in [0.2, 0.25) is 0 Å². The summed E-state index contributed by atoms with van der Waals surface area (Å²) >= 11 is 1.05. The SMILES string of the molecule is O=C(Nc1nc(-c2ccccc2C(F)(F)F)cs1)c1c[nH]n2ccnc12. The molecule has 0 saturated carbocycles. The number of amides is 1. The van der Waals surface area contributed by atoms with Gasteiger partial charge in [0.25, 0.3) is 5.91 Å². The summed E-state index contributed by atoms with van der Waals surface area (Å²) in [5.74, 6) is -0.451. The van der Waals surface area contributed by atoms with Gasteiger partial charge in [0.15, 0.2) is 10.8 Å². The summed E-state index contributed by atoms with van der Waals surface area (Å²) < 4.78 is 41.0. The minimum absolute atomic E-state index is 0.0333. The number of thiazole rings is 1. The molecule has 0 saturated heterocycles. The normalized spacial score (nSPS) is 11.8. The molecule has 26 heavy (non-hydrogen) atoms. The Hall–Kier alpha value is -3.14. The maximum atomic E-state index is 13.1. The lowest BCUT2D eigenvalue weighted by molar-refractivity contribution is -0.137. The Bertz CT molecular complexity index is 1090. The zero-order chi connectivity index (χ0) is 18.3. The molecule has 0 atom stereocenters. The van der Waals surface area contributed by atoms with Gasteiger partial charge in [-0.2, -0.15) is 13.2 Å². The predicted octanol–water partition coefficient (Wildman–Crippen LogP) is 4.06. The number of anilines is 1. The number of alkyl halides is 3. The molecular weight excluding hydrogens is 367 g/mol. The van der Waals surface area contributed by atoms with E-state index in [2.05, 4.69) is 20.4 Å². The number of benzene rings is 1. The minimum atomic E-state index is -4.49. The molecule has 0 aliphatic heterocycles. The Morgan fingerprint density at radius 2 is 2.08 bits per heavy atom. The first kappa shape index (κ1) is 16.3. The molecule has 0 aliphatic carbocycles. The Morgan fingerprint density at radius 3 is 2.88 bits per heavy atom. The molecule has 3 aromatic heterocycles. The Kier molecular flexibility index (Phi) is 3.76. The van der Waals surface area contributed by atoms with E-state index in [1.807, 2.05) is 0 Å². The quantitative estimate of drug-likeness (QED) is 0.565. The summed E-state index contributed by atoms with van der Waals surface area (Å²) in [7, 11) is 0. The topological polar surface area (TPSA) is 75.1 Å². The second-order valence-electron chi connectivity index (χ2n) is 5.34. The summed E-state index contributed by atoms with van der Waals surface area (Å²) in [6.45, 7) is 0. The highest BCUT2D eigenvalue weighted by Gasteiger charge is 2.33. The van der Waals surface area contributed by atoms with Gasteiger partial charge in [0.05, 0.1) is 11.3 Å². The van der Waals surface area contributed by atoms with Crippen LogP contribution in [0.3, 0.4) is 0 Å². The zero-order valence-corrected chi connectivity index (χ0v) is 13.7. The predicted molar refractivity (Wildman–Crippen MR) is 90.0 cm³/mol. The lowest BCUT2D eigenvalue weighted by Gasteiger charge is -2.10. The number of hydrogen-bond acceptors (Lipinski definition) is 4. The summed E-state index contributed by atoms with van der Waals surface area (Å²) in [5, 5.41) is 7.11. The summed E-state index contributed by atoms with van der Waals surface area (Å²) in [6, 6.07) is 5.19. The highest BCUT2D eigenvalue weighted by atomic mass is 32.1. The van der Waals surface area contributed by atoms with Gasteiger partial charge in [0.2, 0.25) is 0 Å². The van der Waals surface area contributed by atoms with Crippen molar-refractivity contribution in [3.63, 3.8) is 0 Å². The van der Waals surface area contributed by atoms with Crippen molar-refractivity contribution in [2.45, 2.75) is 6.18 Å². The average Bonchev–Trinajstić information content (AvgIpc) is 3.30. The first-order valence-corrected chi connectivity index (χ1v) is 8.25. The summed E-state index contributed by atoms with van der Waals surface area (Å²) in [5.41, 5.74) is 0.101. The van der Waals surface area contributed by atoms with Crippen LogP contribution in [-0.4, -0.2) is 25.5 Å². The molecule has 1 amide bonds. The fraction of sp³-hybridized carbons (Fsp3) is 0.0625. The monoisotopic (exact) mass is 377 g/mol. The van der Waals surface area contributed by atoms with E-state index in [-0.39, 0.29) is 16.4 Å². The molecule has 0 aliphatic rings. The van der Waals surface area contributed by atoms with Crippen molar-refractivity contribution < 1.29 is 18.0 Å². The molecule has 0 spiro atoms. The van der Waals surface area contributed by atoms with Crippen molar-refractivity contribution in [1.29, 1.82) is 0 Å². The molecule has 10 heteroatoms. The number of aromatic amines is 1. The number of aromatic nitrogens is 4. The van der Waals surface area contributed by atoms with Gasteiger partial charge in [-0.15, -0.1) is 11.3 Å². The van der Waals surface area contributed by atoms with Crippen LogP contribution in [0.15, 0.2) is 48.2 Å². The van der Waals surface area contributed by atoms with E-state index in [0.717, 1.165) is 17.4 Å². The van der Waals surface area contributed by atoms with Crippen LogP contribution in [-0.2, 0) is 6.18 Å². The molecule has 0 bridgehead atoms. The number of carbonyl (C=O) groups excluding carboxylic acids is 1. The lowest BCUT2D eigenvalue weighted by atomic mass is 10.1. The van der Waals surface area contributed by atoms with Gasteiger partial charge in [-0.3, -0.25) is 15.2 Å². The number of nitrogens with one attached hydrogen (secondary N) is 2. The van der Waals surface area contributed by atoms with Crippen molar-refractivity contribution in [2.75, 3.05) is 5.32 Å². The number of imidazole rings is 1. The number of fused-ring (bicyclic) bond motifs is 1. The molecule has 4 aromatic rings. The molecule has 2 N–H and O–H groups in total. The second-order valence-corrected chi connectivity index (χ2v) is 6.20. The standard InChI is InChI=1S/C16H10F3N5OS/c17-16(18,19)11-4-2-1-3-9(11)12-8-26-15(22-12)23-14(25)10-7-21-24-6-5-20-13(10)24/h1-8,21H,(H,22,23,25). The van der Waals surface area contributed by atoms with E-state index in [1.54, 1.807) is 10.7 Å². The molecule has 1 aromatic carbocycles. The smallest absolute Gasteiger partial charge is 0.299 e. The van der Waals surface area contributed by atoms with Crippen LogP contribution < -0.4 is 5.32 Å². The Morgan fingerprint density at radius 1 is 1.27 bits per heavy atom. The van der Waals surface area contributed by atoms with E-state index in [9.17, 15) is 18.0 Å². The Labute approximate surface area is 148 Å². The largest absolute Gasteiger partial charge is 0.417 e. The van der Waals surface area contributed by atoms with Crippen LogP contribution in [0.4, 0.5) is 18.3 Å². The molecule has 0 unspecified atom stereocenters. The Balaban J connectivity index is 1.61. The summed E-state index contributed by atoms with van der Waals surface area (Å²) in [4.78, 5) is 20.5. The van der Waals surface area contributed by atoms with E-state index in [4.69, 9.17) is 0 Å². The zero-order valence-electron chi connectivity index (χ0n) is 12.9. The van der Waals surface area contributed by atoms with Crippen molar-refractivity contribution in [2.24, 2.45) is 0 Å². The molecule has 6 nitrogen and oxygen atoms in total. The van der Waals surface area contributed by atoms with Crippen LogP contribution in [0.5, 0.6) is 0 Å². The number of rotatable bonds is 3. The lowest BCUT2D eigenvalue weighted by Crippen LogP contribution is -2.11. The van der Waals surface area contributed by atoms with Gasteiger partial charge in [-0.25, -0.2) is 14.5 Å².